The number of rotatable bonds is 3. The van der Waals surface area contributed by atoms with Crippen LogP contribution in [0, 0.1) is 5.92 Å². The van der Waals surface area contributed by atoms with Crippen LogP contribution in [0.4, 0.5) is 0 Å². The van der Waals surface area contributed by atoms with Gasteiger partial charge in [-0.1, -0.05) is 12.5 Å². The van der Waals surface area contributed by atoms with Crippen molar-refractivity contribution in [1.82, 2.24) is 4.57 Å². The molecule has 1 aromatic carbocycles. The van der Waals surface area contributed by atoms with E-state index in [1.165, 1.54) is 42.3 Å². The molecule has 0 radical (unpaired) electrons. The summed E-state index contributed by atoms with van der Waals surface area (Å²) in [5.41, 5.74) is 8.22. The highest BCUT2D eigenvalue weighted by molar-refractivity contribution is 5.80. The van der Waals surface area contributed by atoms with E-state index in [0.29, 0.717) is 6.54 Å². The molecule has 16 heavy (non-hydrogen) atoms. The molecule has 0 spiro atoms. The van der Waals surface area contributed by atoms with Crippen LogP contribution in [0.1, 0.15) is 24.8 Å². The van der Waals surface area contributed by atoms with Crippen molar-refractivity contribution >= 4 is 10.9 Å². The van der Waals surface area contributed by atoms with Gasteiger partial charge in [-0.3, -0.25) is 0 Å². The number of aromatic nitrogens is 1. The van der Waals surface area contributed by atoms with Crippen LogP contribution in [0.15, 0.2) is 30.5 Å². The van der Waals surface area contributed by atoms with Gasteiger partial charge in [0.15, 0.2) is 0 Å². The second kappa shape index (κ2) is 3.95. The molecule has 0 bridgehead atoms. The van der Waals surface area contributed by atoms with Gasteiger partial charge in [0.1, 0.15) is 0 Å². The zero-order chi connectivity index (χ0) is 11.0. The molecule has 0 atom stereocenters. The quantitative estimate of drug-likeness (QED) is 0.836. The Labute approximate surface area is 96.1 Å². The van der Waals surface area contributed by atoms with E-state index in [9.17, 15) is 0 Å². The Kier molecular flexibility index (Phi) is 2.44. The Morgan fingerprint density at radius 2 is 2.12 bits per heavy atom. The Balaban J connectivity index is 1.93. The first kappa shape index (κ1) is 9.91. The average Bonchev–Trinajstić information content (AvgIpc) is 2.65. The molecule has 0 unspecified atom stereocenters. The van der Waals surface area contributed by atoms with Gasteiger partial charge in [0.25, 0.3) is 0 Å². The maximum absolute atomic E-state index is 5.65. The molecule has 0 amide bonds. The summed E-state index contributed by atoms with van der Waals surface area (Å²) in [4.78, 5) is 0. The maximum atomic E-state index is 5.65. The lowest BCUT2D eigenvalue weighted by Gasteiger charge is -2.26. The van der Waals surface area contributed by atoms with Gasteiger partial charge in [0.05, 0.1) is 0 Å². The summed E-state index contributed by atoms with van der Waals surface area (Å²) in [6, 6.07) is 8.75. The molecule has 84 valence electrons. The van der Waals surface area contributed by atoms with Crippen molar-refractivity contribution in [1.29, 1.82) is 0 Å². The van der Waals surface area contributed by atoms with E-state index in [0.717, 1.165) is 5.92 Å². The van der Waals surface area contributed by atoms with Crippen LogP contribution in [0.2, 0.25) is 0 Å². The third-order valence-electron chi connectivity index (χ3n) is 3.75. The summed E-state index contributed by atoms with van der Waals surface area (Å²) in [6.45, 7) is 1.81. The van der Waals surface area contributed by atoms with Crippen molar-refractivity contribution in [2.24, 2.45) is 11.7 Å². The zero-order valence-corrected chi connectivity index (χ0v) is 9.52. The fourth-order valence-electron chi connectivity index (χ4n) is 2.49. The van der Waals surface area contributed by atoms with Gasteiger partial charge in [-0.05, 0) is 47.9 Å². The highest BCUT2D eigenvalue weighted by Crippen LogP contribution is 2.29. The van der Waals surface area contributed by atoms with Crippen LogP contribution < -0.4 is 5.73 Å². The topological polar surface area (TPSA) is 30.9 Å². The van der Waals surface area contributed by atoms with Gasteiger partial charge in [-0.2, -0.15) is 0 Å². The monoisotopic (exact) mass is 214 g/mol. The number of fused-ring (bicyclic) bond motifs is 1. The molecule has 0 saturated heterocycles. The first-order valence-electron chi connectivity index (χ1n) is 6.14. The first-order valence-corrected chi connectivity index (χ1v) is 6.14. The molecule has 1 saturated carbocycles. The molecule has 2 aromatic rings. The van der Waals surface area contributed by atoms with Crippen LogP contribution in [0.5, 0.6) is 0 Å². The molecule has 1 aliphatic rings. The Hall–Kier alpha value is -1.28. The number of nitrogens with two attached hydrogens (primary N) is 1. The molecule has 0 aliphatic heterocycles. The predicted octanol–water partition coefficient (Wildman–Crippen LogP) is 2.90. The number of benzene rings is 1. The van der Waals surface area contributed by atoms with Gasteiger partial charge >= 0.3 is 0 Å². The molecular weight excluding hydrogens is 196 g/mol. The SMILES string of the molecule is NCc1ccc2c(ccn2CC2CCC2)c1. The molecule has 3 rings (SSSR count). The van der Waals surface area contributed by atoms with E-state index in [1.54, 1.807) is 0 Å². The third kappa shape index (κ3) is 1.63. The van der Waals surface area contributed by atoms with Gasteiger partial charge < -0.3 is 10.3 Å². The van der Waals surface area contributed by atoms with E-state index < -0.39 is 0 Å². The van der Waals surface area contributed by atoms with Crippen LogP contribution >= 0.6 is 0 Å². The maximum Gasteiger partial charge on any atom is 0.0480 e. The Morgan fingerprint density at radius 3 is 2.81 bits per heavy atom. The van der Waals surface area contributed by atoms with Crippen molar-refractivity contribution < 1.29 is 0 Å². The fourth-order valence-corrected chi connectivity index (χ4v) is 2.49. The smallest absolute Gasteiger partial charge is 0.0480 e. The van der Waals surface area contributed by atoms with Gasteiger partial charge in [0.2, 0.25) is 0 Å². The third-order valence-corrected chi connectivity index (χ3v) is 3.75. The van der Waals surface area contributed by atoms with Gasteiger partial charge in [0, 0.05) is 24.8 Å². The van der Waals surface area contributed by atoms with Gasteiger partial charge in [-0.25, -0.2) is 0 Å². The lowest BCUT2D eigenvalue weighted by Crippen LogP contribution is -2.17. The average molecular weight is 214 g/mol. The Bertz CT molecular complexity index is 494. The molecule has 1 aromatic heterocycles. The first-order chi connectivity index (χ1) is 7.86. The largest absolute Gasteiger partial charge is 0.347 e. The molecule has 2 heteroatoms. The Morgan fingerprint density at radius 1 is 1.25 bits per heavy atom. The van der Waals surface area contributed by atoms with E-state index in [4.69, 9.17) is 5.73 Å². The van der Waals surface area contributed by atoms with E-state index in [-0.39, 0.29) is 0 Å². The molecule has 1 aliphatic carbocycles. The van der Waals surface area contributed by atoms with Crippen LogP contribution in [0.3, 0.4) is 0 Å². The normalized spacial score (nSPS) is 16.6. The molecule has 2 nitrogen and oxygen atoms in total. The van der Waals surface area contributed by atoms with Crippen LogP contribution in [-0.2, 0) is 13.1 Å². The van der Waals surface area contributed by atoms with Crippen molar-refractivity contribution in [2.75, 3.05) is 0 Å². The predicted molar refractivity (Wildman–Crippen MR) is 67.2 cm³/mol. The van der Waals surface area contributed by atoms with E-state index >= 15 is 0 Å². The summed E-state index contributed by atoms with van der Waals surface area (Å²) in [5.74, 6) is 0.907. The van der Waals surface area contributed by atoms with Crippen LogP contribution in [0.25, 0.3) is 10.9 Å². The summed E-state index contributed by atoms with van der Waals surface area (Å²) >= 11 is 0. The minimum atomic E-state index is 0.629. The van der Waals surface area contributed by atoms with Crippen molar-refractivity contribution in [3.8, 4) is 0 Å². The number of hydrogen-bond donors (Lipinski definition) is 1. The number of nitrogens with zero attached hydrogens (tertiary/aromatic N) is 1. The minimum Gasteiger partial charge on any atom is -0.347 e. The summed E-state index contributed by atoms with van der Waals surface area (Å²) in [5, 5.41) is 1.32. The zero-order valence-electron chi connectivity index (χ0n) is 9.52. The number of hydrogen-bond acceptors (Lipinski definition) is 1. The lowest BCUT2D eigenvalue weighted by molar-refractivity contribution is 0.280. The molecular formula is C14H18N2. The molecule has 2 N–H and O–H groups in total. The highest BCUT2D eigenvalue weighted by Gasteiger charge is 2.18. The highest BCUT2D eigenvalue weighted by atomic mass is 15.0. The van der Waals surface area contributed by atoms with Crippen molar-refractivity contribution in [2.45, 2.75) is 32.4 Å². The summed E-state index contributed by atoms with van der Waals surface area (Å²) in [6.07, 6.45) is 6.44. The summed E-state index contributed by atoms with van der Waals surface area (Å²) < 4.78 is 2.39. The van der Waals surface area contributed by atoms with Crippen molar-refractivity contribution in [3.05, 3.63) is 36.0 Å². The second-order valence-electron chi connectivity index (χ2n) is 4.86. The fraction of sp³-hybridized carbons (Fsp3) is 0.429. The lowest BCUT2D eigenvalue weighted by atomic mass is 9.85. The second-order valence-corrected chi connectivity index (χ2v) is 4.86. The minimum absolute atomic E-state index is 0.629. The molecule has 1 heterocycles. The summed E-state index contributed by atoms with van der Waals surface area (Å²) in [7, 11) is 0. The van der Waals surface area contributed by atoms with Crippen LogP contribution in [-0.4, -0.2) is 4.57 Å². The molecule has 1 fully saturated rings. The van der Waals surface area contributed by atoms with Crippen molar-refractivity contribution in [3.63, 3.8) is 0 Å². The van der Waals surface area contributed by atoms with Gasteiger partial charge in [-0.15, -0.1) is 0 Å². The van der Waals surface area contributed by atoms with E-state index in [2.05, 4.69) is 35.0 Å². The van der Waals surface area contributed by atoms with E-state index in [1.807, 2.05) is 0 Å². The standard InChI is InChI=1S/C14H18N2/c15-9-12-4-5-14-13(8-12)6-7-16(14)10-11-2-1-3-11/h4-8,11H,1-3,9-10,15H2.